The summed E-state index contributed by atoms with van der Waals surface area (Å²) in [5.41, 5.74) is 1.70. The van der Waals surface area contributed by atoms with Gasteiger partial charge in [0.05, 0.1) is 6.20 Å². The number of aromatic nitrogens is 2. The molecule has 1 amide bonds. The van der Waals surface area contributed by atoms with Gasteiger partial charge in [0.25, 0.3) is 0 Å². The number of piperidine rings is 2. The molecule has 0 aromatic carbocycles. The molecular formula is C20H33N5O. The molecule has 0 unspecified atom stereocenters. The zero-order valence-electron chi connectivity index (χ0n) is 16.4. The van der Waals surface area contributed by atoms with Crippen molar-refractivity contribution in [1.29, 1.82) is 0 Å². The summed E-state index contributed by atoms with van der Waals surface area (Å²) in [5, 5.41) is 4.26. The van der Waals surface area contributed by atoms with Crippen molar-refractivity contribution < 1.29 is 4.79 Å². The molecule has 3 saturated heterocycles. The summed E-state index contributed by atoms with van der Waals surface area (Å²) in [6, 6.07) is 0.452. The van der Waals surface area contributed by atoms with Crippen molar-refractivity contribution in [3.8, 4) is 0 Å². The number of rotatable bonds is 4. The molecule has 1 spiro atoms. The molecule has 0 bridgehead atoms. The standard InChI is InChI=1S/C20H33N5O/c1-22-9-5-18(15-22)25-16-20(6-3-19(25)26)7-11-24(12-8-20)10-4-17-13-21-23(2)14-17/h13-14,18H,3-12,15-16H2,1-2H3/t18-/m0/s1. The van der Waals surface area contributed by atoms with E-state index in [1.54, 1.807) is 0 Å². The summed E-state index contributed by atoms with van der Waals surface area (Å²) in [6.45, 7) is 6.65. The number of aryl methyl sites for hydroxylation is 1. The molecule has 1 atom stereocenters. The Kier molecular flexibility index (Phi) is 5.06. The first-order valence-corrected chi connectivity index (χ1v) is 10.2. The Morgan fingerprint density at radius 2 is 2.00 bits per heavy atom. The summed E-state index contributed by atoms with van der Waals surface area (Å²) in [5.74, 6) is 0.398. The molecule has 3 aliphatic heterocycles. The van der Waals surface area contributed by atoms with E-state index in [0.29, 0.717) is 17.4 Å². The van der Waals surface area contributed by atoms with Gasteiger partial charge in [-0.15, -0.1) is 0 Å². The fourth-order valence-corrected chi connectivity index (χ4v) is 5.09. The second kappa shape index (κ2) is 7.31. The van der Waals surface area contributed by atoms with Crippen LogP contribution in [-0.2, 0) is 18.3 Å². The second-order valence-electron chi connectivity index (χ2n) is 8.84. The third kappa shape index (κ3) is 3.81. The number of likely N-dealkylation sites (N-methyl/N-ethyl adjacent to an activating group) is 1. The number of carbonyl (C=O) groups is 1. The predicted octanol–water partition coefficient (Wildman–Crippen LogP) is 1.37. The first-order chi connectivity index (χ1) is 12.5. The van der Waals surface area contributed by atoms with Crippen LogP contribution in [0.15, 0.2) is 12.4 Å². The van der Waals surface area contributed by atoms with E-state index in [4.69, 9.17) is 0 Å². The molecular weight excluding hydrogens is 326 g/mol. The van der Waals surface area contributed by atoms with Gasteiger partial charge in [-0.3, -0.25) is 9.48 Å². The molecule has 0 saturated carbocycles. The van der Waals surface area contributed by atoms with E-state index in [1.165, 1.54) is 31.5 Å². The van der Waals surface area contributed by atoms with Gasteiger partial charge in [0.15, 0.2) is 0 Å². The van der Waals surface area contributed by atoms with Gasteiger partial charge < -0.3 is 14.7 Å². The van der Waals surface area contributed by atoms with Crippen molar-refractivity contribution in [3.63, 3.8) is 0 Å². The van der Waals surface area contributed by atoms with Crippen molar-refractivity contribution in [1.82, 2.24) is 24.5 Å². The zero-order valence-corrected chi connectivity index (χ0v) is 16.4. The van der Waals surface area contributed by atoms with E-state index in [9.17, 15) is 4.79 Å². The fourth-order valence-electron chi connectivity index (χ4n) is 5.09. The Morgan fingerprint density at radius 1 is 1.19 bits per heavy atom. The molecule has 3 fully saturated rings. The van der Waals surface area contributed by atoms with Crippen molar-refractivity contribution in [2.45, 2.75) is 44.6 Å². The maximum Gasteiger partial charge on any atom is 0.222 e. The quantitative estimate of drug-likeness (QED) is 0.815. The van der Waals surface area contributed by atoms with Crippen molar-refractivity contribution in [3.05, 3.63) is 18.0 Å². The molecule has 26 heavy (non-hydrogen) atoms. The summed E-state index contributed by atoms with van der Waals surface area (Å²) in [7, 11) is 4.15. The summed E-state index contributed by atoms with van der Waals surface area (Å²) in [4.78, 5) is 19.7. The minimum Gasteiger partial charge on any atom is -0.338 e. The maximum atomic E-state index is 12.5. The molecule has 1 aromatic heterocycles. The highest BCUT2D eigenvalue weighted by Gasteiger charge is 2.43. The SMILES string of the molecule is CN1CC[C@H](N2CC3(CCC2=O)CCN(CCc2cnn(C)c2)CC3)C1. The average molecular weight is 360 g/mol. The van der Waals surface area contributed by atoms with Gasteiger partial charge in [-0.25, -0.2) is 0 Å². The number of hydrogen-bond donors (Lipinski definition) is 0. The normalized spacial score (nSPS) is 27.5. The Hall–Kier alpha value is -1.40. The molecule has 4 heterocycles. The minimum atomic E-state index is 0.375. The summed E-state index contributed by atoms with van der Waals surface area (Å²) in [6.07, 6.45) is 10.7. The first-order valence-electron chi connectivity index (χ1n) is 10.2. The Balaban J connectivity index is 1.30. The van der Waals surface area contributed by atoms with Crippen LogP contribution in [0.3, 0.4) is 0 Å². The maximum absolute atomic E-state index is 12.5. The predicted molar refractivity (Wildman–Crippen MR) is 102 cm³/mol. The van der Waals surface area contributed by atoms with Crippen LogP contribution in [0.4, 0.5) is 0 Å². The minimum absolute atomic E-state index is 0.375. The van der Waals surface area contributed by atoms with Gasteiger partial charge in [-0.2, -0.15) is 5.10 Å². The summed E-state index contributed by atoms with van der Waals surface area (Å²) >= 11 is 0. The molecule has 6 nitrogen and oxygen atoms in total. The Labute approximate surface area is 157 Å². The lowest BCUT2D eigenvalue weighted by Crippen LogP contribution is -2.55. The smallest absolute Gasteiger partial charge is 0.222 e. The van der Waals surface area contributed by atoms with E-state index in [2.05, 4.69) is 33.0 Å². The Morgan fingerprint density at radius 3 is 2.65 bits per heavy atom. The third-order valence-corrected chi connectivity index (χ3v) is 6.89. The van der Waals surface area contributed by atoms with E-state index in [0.717, 1.165) is 51.9 Å². The van der Waals surface area contributed by atoms with Crippen molar-refractivity contribution in [2.75, 3.05) is 46.3 Å². The summed E-state index contributed by atoms with van der Waals surface area (Å²) < 4.78 is 1.88. The number of amides is 1. The van der Waals surface area contributed by atoms with E-state index < -0.39 is 0 Å². The molecule has 0 aliphatic carbocycles. The monoisotopic (exact) mass is 359 g/mol. The lowest BCUT2D eigenvalue weighted by Gasteiger charge is -2.49. The highest BCUT2D eigenvalue weighted by molar-refractivity contribution is 5.77. The number of nitrogens with zero attached hydrogens (tertiary/aromatic N) is 5. The molecule has 144 valence electrons. The molecule has 1 aromatic rings. The van der Waals surface area contributed by atoms with Gasteiger partial charge in [0, 0.05) is 45.3 Å². The van der Waals surface area contributed by atoms with Gasteiger partial charge in [-0.1, -0.05) is 0 Å². The van der Waals surface area contributed by atoms with Crippen LogP contribution < -0.4 is 0 Å². The van der Waals surface area contributed by atoms with Crippen LogP contribution in [-0.4, -0.2) is 82.7 Å². The third-order valence-electron chi connectivity index (χ3n) is 6.89. The van der Waals surface area contributed by atoms with Crippen LogP contribution in [0, 0.1) is 5.41 Å². The molecule has 6 heteroatoms. The van der Waals surface area contributed by atoms with Crippen LogP contribution in [0.2, 0.25) is 0 Å². The second-order valence-corrected chi connectivity index (χ2v) is 8.84. The van der Waals surface area contributed by atoms with E-state index in [1.807, 2.05) is 17.9 Å². The number of hydrogen-bond acceptors (Lipinski definition) is 4. The van der Waals surface area contributed by atoms with Crippen LogP contribution in [0.25, 0.3) is 0 Å². The Bertz CT molecular complexity index is 634. The van der Waals surface area contributed by atoms with Crippen LogP contribution in [0.5, 0.6) is 0 Å². The molecule has 0 N–H and O–H groups in total. The van der Waals surface area contributed by atoms with Crippen LogP contribution in [0.1, 0.15) is 37.7 Å². The average Bonchev–Trinajstić information content (AvgIpc) is 3.25. The van der Waals surface area contributed by atoms with Crippen LogP contribution >= 0.6 is 0 Å². The van der Waals surface area contributed by atoms with Crippen molar-refractivity contribution in [2.24, 2.45) is 12.5 Å². The van der Waals surface area contributed by atoms with Gasteiger partial charge in [0.1, 0.15) is 0 Å². The van der Waals surface area contributed by atoms with E-state index in [-0.39, 0.29) is 0 Å². The fraction of sp³-hybridized carbons (Fsp3) is 0.800. The molecule has 4 rings (SSSR count). The largest absolute Gasteiger partial charge is 0.338 e. The van der Waals surface area contributed by atoms with E-state index >= 15 is 0 Å². The molecule has 0 radical (unpaired) electrons. The number of carbonyl (C=O) groups excluding carboxylic acids is 1. The van der Waals surface area contributed by atoms with Gasteiger partial charge in [0.2, 0.25) is 5.91 Å². The lowest BCUT2D eigenvalue weighted by molar-refractivity contribution is -0.142. The van der Waals surface area contributed by atoms with Crippen molar-refractivity contribution >= 4 is 5.91 Å². The number of likely N-dealkylation sites (tertiary alicyclic amines) is 3. The topological polar surface area (TPSA) is 44.6 Å². The highest BCUT2D eigenvalue weighted by atomic mass is 16.2. The van der Waals surface area contributed by atoms with Gasteiger partial charge >= 0.3 is 0 Å². The molecule has 3 aliphatic rings. The first kappa shape index (κ1) is 18.0. The zero-order chi connectivity index (χ0) is 18.1. The van der Waals surface area contributed by atoms with Gasteiger partial charge in [-0.05, 0) is 69.8 Å². The lowest BCUT2D eigenvalue weighted by atomic mass is 9.72. The highest BCUT2D eigenvalue weighted by Crippen LogP contribution is 2.41.